The van der Waals surface area contributed by atoms with Crippen molar-refractivity contribution in [2.45, 2.75) is 26.3 Å². The van der Waals surface area contributed by atoms with Crippen LogP contribution in [0.2, 0.25) is 0 Å². The van der Waals surface area contributed by atoms with Crippen molar-refractivity contribution in [2.75, 3.05) is 18.4 Å². The Kier molecular flexibility index (Phi) is 4.49. The van der Waals surface area contributed by atoms with Crippen LogP contribution >= 0.6 is 0 Å². The van der Waals surface area contributed by atoms with Gasteiger partial charge in [-0.1, -0.05) is 6.07 Å². The minimum absolute atomic E-state index is 0.275. The molecule has 134 valence electrons. The highest BCUT2D eigenvalue weighted by Gasteiger charge is 2.16. The van der Waals surface area contributed by atoms with E-state index < -0.39 is 0 Å². The molecule has 3 aromatic rings. The van der Waals surface area contributed by atoms with Gasteiger partial charge in [0.2, 0.25) is 0 Å². The molecule has 0 spiro atoms. The third-order valence-electron chi connectivity index (χ3n) is 4.44. The number of hydrogen-bond acceptors (Lipinski definition) is 6. The van der Waals surface area contributed by atoms with Crippen LogP contribution in [0, 0.1) is 6.92 Å². The lowest BCUT2D eigenvalue weighted by Crippen LogP contribution is -2.18. The Bertz CT molecular complexity index is 910. The second-order valence-electron chi connectivity index (χ2n) is 6.39. The third-order valence-corrected chi connectivity index (χ3v) is 4.44. The lowest BCUT2D eigenvalue weighted by atomic mass is 10.2. The molecule has 4 rings (SSSR count). The average molecular weight is 352 g/mol. The fraction of sp³-hybridized carbons (Fsp3) is 0.333. The van der Waals surface area contributed by atoms with Crippen molar-refractivity contribution >= 4 is 11.6 Å². The summed E-state index contributed by atoms with van der Waals surface area (Å²) in [5, 5.41) is 14.3. The van der Waals surface area contributed by atoms with Crippen LogP contribution in [0.5, 0.6) is 0 Å². The number of aromatic nitrogens is 4. The molecule has 0 saturated carbocycles. The number of nitrogens with zero attached hydrogens (tertiary/aromatic N) is 5. The van der Waals surface area contributed by atoms with E-state index in [0.29, 0.717) is 17.3 Å². The number of nitrogens with one attached hydrogen (secondary N) is 1. The van der Waals surface area contributed by atoms with E-state index in [-0.39, 0.29) is 5.91 Å². The van der Waals surface area contributed by atoms with Crippen LogP contribution in [0.25, 0.3) is 5.69 Å². The molecule has 1 N–H and O–H groups in total. The summed E-state index contributed by atoms with van der Waals surface area (Å²) in [6.07, 6.45) is 2.45. The van der Waals surface area contributed by atoms with Gasteiger partial charge in [0.1, 0.15) is 5.76 Å². The molecule has 8 nitrogen and oxygen atoms in total. The highest BCUT2D eigenvalue weighted by Crippen LogP contribution is 2.18. The number of hydrogen-bond donors (Lipinski definition) is 1. The highest BCUT2D eigenvalue weighted by molar-refractivity contribution is 6.02. The van der Waals surface area contributed by atoms with Gasteiger partial charge in [0.25, 0.3) is 5.91 Å². The Morgan fingerprint density at radius 1 is 1.23 bits per heavy atom. The molecular weight excluding hydrogens is 332 g/mol. The van der Waals surface area contributed by atoms with E-state index in [9.17, 15) is 4.79 Å². The van der Waals surface area contributed by atoms with Crippen molar-refractivity contribution in [1.82, 2.24) is 25.1 Å². The van der Waals surface area contributed by atoms with Gasteiger partial charge in [-0.05, 0) is 73.6 Å². The van der Waals surface area contributed by atoms with Gasteiger partial charge >= 0.3 is 0 Å². The molecule has 1 saturated heterocycles. The first-order valence-electron chi connectivity index (χ1n) is 8.67. The monoisotopic (exact) mass is 352 g/mol. The molecule has 0 atom stereocenters. The average Bonchev–Trinajstić information content (AvgIpc) is 3.38. The van der Waals surface area contributed by atoms with Crippen LogP contribution < -0.4 is 5.32 Å². The van der Waals surface area contributed by atoms with Crippen LogP contribution in [0.4, 0.5) is 5.69 Å². The Hall–Kier alpha value is -3.00. The number of tetrazole rings is 1. The van der Waals surface area contributed by atoms with Crippen LogP contribution in [-0.4, -0.2) is 44.1 Å². The molecule has 1 aromatic carbocycles. The van der Waals surface area contributed by atoms with Gasteiger partial charge in [-0.15, -0.1) is 5.10 Å². The summed E-state index contributed by atoms with van der Waals surface area (Å²) in [6, 6.07) is 10.9. The van der Waals surface area contributed by atoms with E-state index in [1.165, 1.54) is 12.8 Å². The molecule has 0 unspecified atom stereocenters. The van der Waals surface area contributed by atoms with Crippen molar-refractivity contribution in [3.8, 4) is 5.69 Å². The number of furan rings is 1. The number of amides is 1. The lowest BCUT2D eigenvalue weighted by molar-refractivity contribution is 0.0993. The molecule has 1 amide bonds. The van der Waals surface area contributed by atoms with Crippen LogP contribution in [0.15, 0.2) is 40.8 Å². The lowest BCUT2D eigenvalue weighted by Gasteiger charge is -2.11. The zero-order valence-electron chi connectivity index (χ0n) is 14.6. The van der Waals surface area contributed by atoms with Crippen LogP contribution in [-0.2, 0) is 6.54 Å². The Morgan fingerprint density at radius 3 is 2.85 bits per heavy atom. The van der Waals surface area contributed by atoms with Gasteiger partial charge in [0.05, 0.1) is 12.2 Å². The molecule has 1 fully saturated rings. The minimum atomic E-state index is -0.275. The molecule has 26 heavy (non-hydrogen) atoms. The van der Waals surface area contributed by atoms with Crippen molar-refractivity contribution in [3.05, 3.63) is 53.7 Å². The van der Waals surface area contributed by atoms with E-state index in [2.05, 4.69) is 25.7 Å². The van der Waals surface area contributed by atoms with Gasteiger partial charge in [-0.2, -0.15) is 4.68 Å². The summed E-state index contributed by atoms with van der Waals surface area (Å²) >= 11 is 0. The molecule has 1 aliphatic rings. The number of carbonyl (C=O) groups excluding carboxylic acids is 1. The predicted molar refractivity (Wildman–Crippen MR) is 95.1 cm³/mol. The first-order chi connectivity index (χ1) is 12.7. The molecule has 3 heterocycles. The van der Waals surface area contributed by atoms with Crippen LogP contribution in [0.1, 0.15) is 35.0 Å². The molecule has 2 aromatic heterocycles. The second-order valence-corrected chi connectivity index (χ2v) is 6.39. The summed E-state index contributed by atoms with van der Waals surface area (Å²) in [6.45, 7) is 4.74. The number of rotatable bonds is 5. The summed E-state index contributed by atoms with van der Waals surface area (Å²) in [4.78, 5) is 14.8. The minimum Gasteiger partial charge on any atom is -0.455 e. The molecule has 0 bridgehead atoms. The van der Waals surface area contributed by atoms with E-state index in [4.69, 9.17) is 4.42 Å². The molecule has 0 radical (unpaired) electrons. The van der Waals surface area contributed by atoms with Gasteiger partial charge in [-0.3, -0.25) is 9.69 Å². The third kappa shape index (κ3) is 3.50. The van der Waals surface area contributed by atoms with E-state index >= 15 is 0 Å². The number of carbonyl (C=O) groups is 1. The van der Waals surface area contributed by atoms with Gasteiger partial charge in [-0.25, -0.2) is 0 Å². The summed E-state index contributed by atoms with van der Waals surface area (Å²) in [5.74, 6) is 1.52. The smallest absolute Gasteiger partial charge is 0.291 e. The summed E-state index contributed by atoms with van der Waals surface area (Å²) in [5.41, 5.74) is 1.43. The Labute approximate surface area is 150 Å². The largest absolute Gasteiger partial charge is 0.455 e. The maximum Gasteiger partial charge on any atom is 0.291 e. The maximum absolute atomic E-state index is 12.5. The van der Waals surface area contributed by atoms with Gasteiger partial charge in [0, 0.05) is 5.69 Å². The van der Waals surface area contributed by atoms with Crippen molar-refractivity contribution in [2.24, 2.45) is 0 Å². The quantitative estimate of drug-likeness (QED) is 0.758. The zero-order chi connectivity index (χ0) is 17.9. The topological polar surface area (TPSA) is 89.1 Å². The van der Waals surface area contributed by atoms with Gasteiger partial charge < -0.3 is 9.73 Å². The standard InChI is InChI=1S/C18H20N6O2/c1-13-20-21-22-24(13)15-6-4-5-14(11-15)19-18(25)17-8-7-16(26-17)12-23-9-2-3-10-23/h4-8,11H,2-3,9-10,12H2,1H3,(H,19,25). The highest BCUT2D eigenvalue weighted by atomic mass is 16.4. The fourth-order valence-electron chi connectivity index (χ4n) is 3.12. The Balaban J connectivity index is 1.45. The van der Waals surface area contributed by atoms with Crippen molar-refractivity contribution < 1.29 is 9.21 Å². The van der Waals surface area contributed by atoms with E-state index in [0.717, 1.165) is 31.1 Å². The SMILES string of the molecule is Cc1nnnn1-c1cccc(NC(=O)c2ccc(CN3CCCC3)o2)c1. The number of aryl methyl sites for hydroxylation is 1. The molecule has 1 aliphatic heterocycles. The van der Waals surface area contributed by atoms with E-state index in [1.54, 1.807) is 10.7 Å². The fourth-order valence-corrected chi connectivity index (χ4v) is 3.12. The molecule has 0 aliphatic carbocycles. The van der Waals surface area contributed by atoms with Crippen LogP contribution in [0.3, 0.4) is 0 Å². The van der Waals surface area contributed by atoms with Crippen molar-refractivity contribution in [1.29, 1.82) is 0 Å². The molecule has 8 heteroatoms. The normalized spacial score (nSPS) is 14.7. The number of anilines is 1. The second kappa shape index (κ2) is 7.09. The van der Waals surface area contributed by atoms with E-state index in [1.807, 2.05) is 37.3 Å². The van der Waals surface area contributed by atoms with Gasteiger partial charge in [0.15, 0.2) is 11.6 Å². The maximum atomic E-state index is 12.5. The zero-order valence-corrected chi connectivity index (χ0v) is 14.6. The summed E-state index contributed by atoms with van der Waals surface area (Å²) < 4.78 is 7.32. The Morgan fingerprint density at radius 2 is 2.08 bits per heavy atom. The summed E-state index contributed by atoms with van der Waals surface area (Å²) in [7, 11) is 0. The number of benzene rings is 1. The first-order valence-corrected chi connectivity index (χ1v) is 8.67. The number of likely N-dealkylation sites (tertiary alicyclic amines) is 1. The van der Waals surface area contributed by atoms with Crippen molar-refractivity contribution in [3.63, 3.8) is 0 Å². The predicted octanol–water partition coefficient (Wildman–Crippen LogP) is 2.41. The first kappa shape index (κ1) is 16.5. The molecular formula is C18H20N6O2.